The number of thioether (sulfide) groups is 1. The maximum Gasteiger partial charge on any atom is 0.232 e. The lowest BCUT2D eigenvalue weighted by Crippen LogP contribution is -2.36. The van der Waals surface area contributed by atoms with Crippen molar-refractivity contribution in [2.24, 2.45) is 0 Å². The number of rotatable bonds is 5. The van der Waals surface area contributed by atoms with E-state index in [1.165, 1.54) is 23.9 Å². The number of nitrogens with zero attached hydrogens (tertiary/aromatic N) is 2. The maximum absolute atomic E-state index is 13.0. The van der Waals surface area contributed by atoms with Crippen LogP contribution in [0.3, 0.4) is 0 Å². The van der Waals surface area contributed by atoms with Crippen molar-refractivity contribution in [1.29, 1.82) is 0 Å². The molecule has 3 nitrogen and oxygen atoms in total. The minimum Gasteiger partial charge on any atom is -0.341 e. The fraction of sp³-hybridized carbons (Fsp3) is 0.350. The van der Waals surface area contributed by atoms with Gasteiger partial charge in [-0.2, -0.15) is 0 Å². The zero-order valence-corrected chi connectivity index (χ0v) is 16.1. The second-order valence-corrected chi connectivity index (χ2v) is 7.78. The Morgan fingerprint density at radius 3 is 2.58 bits per heavy atom. The van der Waals surface area contributed by atoms with Crippen LogP contribution in [-0.4, -0.2) is 47.6 Å². The van der Waals surface area contributed by atoms with Crippen molar-refractivity contribution in [3.05, 3.63) is 64.9 Å². The van der Waals surface area contributed by atoms with Gasteiger partial charge in [-0.1, -0.05) is 35.9 Å². The van der Waals surface area contributed by atoms with E-state index in [1.807, 2.05) is 41.3 Å². The third-order valence-corrected chi connectivity index (χ3v) is 5.95. The van der Waals surface area contributed by atoms with E-state index in [-0.39, 0.29) is 11.7 Å². The van der Waals surface area contributed by atoms with Gasteiger partial charge in [0.1, 0.15) is 5.82 Å². The molecule has 1 aliphatic heterocycles. The van der Waals surface area contributed by atoms with Crippen LogP contribution < -0.4 is 0 Å². The van der Waals surface area contributed by atoms with Crippen LogP contribution in [0.4, 0.5) is 4.39 Å². The molecule has 0 unspecified atom stereocenters. The monoisotopic (exact) mass is 392 g/mol. The minimum absolute atomic E-state index is 0.151. The molecule has 0 aromatic heterocycles. The summed E-state index contributed by atoms with van der Waals surface area (Å²) in [6, 6.07) is 14.2. The Kier molecular flexibility index (Phi) is 6.94. The lowest BCUT2D eigenvalue weighted by molar-refractivity contribution is -0.128. The van der Waals surface area contributed by atoms with Crippen LogP contribution in [0.1, 0.15) is 12.0 Å². The standard InChI is InChI=1S/C20H22ClFN2OS/c21-18-4-1-2-5-19(18)26-15-20(25)24-11-3-10-23(12-13-24)14-16-6-8-17(22)9-7-16/h1-2,4-9H,3,10-15H2. The van der Waals surface area contributed by atoms with Crippen molar-refractivity contribution in [2.75, 3.05) is 31.9 Å². The molecule has 1 fully saturated rings. The Hall–Kier alpha value is -1.56. The van der Waals surface area contributed by atoms with Gasteiger partial charge in [0, 0.05) is 37.6 Å². The molecule has 0 saturated carbocycles. The SMILES string of the molecule is O=C(CSc1ccccc1Cl)N1CCCN(Cc2ccc(F)cc2)CC1. The number of hydrogen-bond acceptors (Lipinski definition) is 3. The quantitative estimate of drug-likeness (QED) is 0.708. The van der Waals surface area contributed by atoms with E-state index in [9.17, 15) is 9.18 Å². The first-order valence-corrected chi connectivity index (χ1v) is 10.1. The number of benzene rings is 2. The average Bonchev–Trinajstić information content (AvgIpc) is 2.88. The fourth-order valence-electron chi connectivity index (χ4n) is 3.02. The smallest absolute Gasteiger partial charge is 0.232 e. The maximum atomic E-state index is 13.0. The summed E-state index contributed by atoms with van der Waals surface area (Å²) in [6.45, 7) is 4.07. The van der Waals surface area contributed by atoms with Gasteiger partial charge in [-0.15, -0.1) is 11.8 Å². The summed E-state index contributed by atoms with van der Waals surface area (Å²) in [5.41, 5.74) is 1.10. The van der Waals surface area contributed by atoms with Crippen LogP contribution >= 0.6 is 23.4 Å². The molecule has 3 rings (SSSR count). The Labute approximate surface area is 163 Å². The summed E-state index contributed by atoms with van der Waals surface area (Å²) in [4.78, 5) is 17.7. The van der Waals surface area contributed by atoms with Gasteiger partial charge in [0.15, 0.2) is 0 Å². The molecule has 1 aliphatic rings. The van der Waals surface area contributed by atoms with Crippen molar-refractivity contribution in [3.8, 4) is 0 Å². The highest BCUT2D eigenvalue weighted by Crippen LogP contribution is 2.26. The number of amides is 1. The second-order valence-electron chi connectivity index (χ2n) is 6.36. The first-order chi connectivity index (χ1) is 12.6. The summed E-state index contributed by atoms with van der Waals surface area (Å²) >= 11 is 7.64. The molecule has 26 heavy (non-hydrogen) atoms. The van der Waals surface area contributed by atoms with Crippen LogP contribution in [-0.2, 0) is 11.3 Å². The molecule has 2 aromatic rings. The van der Waals surface area contributed by atoms with Crippen LogP contribution in [0, 0.1) is 5.82 Å². The number of halogens is 2. The predicted molar refractivity (Wildman–Crippen MR) is 105 cm³/mol. The van der Waals surface area contributed by atoms with E-state index in [1.54, 1.807) is 0 Å². The van der Waals surface area contributed by atoms with Crippen LogP contribution in [0.5, 0.6) is 0 Å². The molecule has 0 aliphatic carbocycles. The van der Waals surface area contributed by atoms with Crippen molar-refractivity contribution in [1.82, 2.24) is 9.80 Å². The Bertz CT molecular complexity index is 741. The molecule has 0 atom stereocenters. The molecular formula is C20H22ClFN2OS. The van der Waals surface area contributed by atoms with Gasteiger partial charge in [0.05, 0.1) is 10.8 Å². The summed E-state index contributed by atoms with van der Waals surface area (Å²) in [5, 5.41) is 0.687. The first kappa shape index (κ1) is 19.2. The van der Waals surface area contributed by atoms with Crippen LogP contribution in [0.25, 0.3) is 0 Å². The molecule has 0 spiro atoms. The third-order valence-electron chi connectivity index (χ3n) is 4.45. The molecule has 0 radical (unpaired) electrons. The topological polar surface area (TPSA) is 23.6 Å². The van der Waals surface area contributed by atoms with E-state index < -0.39 is 0 Å². The molecule has 1 saturated heterocycles. The zero-order valence-electron chi connectivity index (χ0n) is 14.5. The first-order valence-electron chi connectivity index (χ1n) is 8.74. The van der Waals surface area contributed by atoms with E-state index in [4.69, 9.17) is 11.6 Å². The summed E-state index contributed by atoms with van der Waals surface area (Å²) < 4.78 is 13.0. The van der Waals surface area contributed by atoms with Gasteiger partial charge in [-0.3, -0.25) is 9.69 Å². The molecule has 1 amide bonds. The zero-order chi connectivity index (χ0) is 18.4. The van der Waals surface area contributed by atoms with Gasteiger partial charge in [-0.05, 0) is 36.2 Å². The molecule has 0 bridgehead atoms. The van der Waals surface area contributed by atoms with Gasteiger partial charge in [0.2, 0.25) is 5.91 Å². The fourth-order valence-corrected chi connectivity index (χ4v) is 4.16. The highest BCUT2D eigenvalue weighted by molar-refractivity contribution is 8.00. The van der Waals surface area contributed by atoms with E-state index >= 15 is 0 Å². The summed E-state index contributed by atoms with van der Waals surface area (Å²) in [5.74, 6) is 0.345. The highest BCUT2D eigenvalue weighted by Gasteiger charge is 2.19. The van der Waals surface area contributed by atoms with Crippen molar-refractivity contribution < 1.29 is 9.18 Å². The summed E-state index contributed by atoms with van der Waals surface area (Å²) in [7, 11) is 0. The van der Waals surface area contributed by atoms with Crippen molar-refractivity contribution in [3.63, 3.8) is 0 Å². The lowest BCUT2D eigenvalue weighted by Gasteiger charge is -2.22. The van der Waals surface area contributed by atoms with Crippen molar-refractivity contribution in [2.45, 2.75) is 17.9 Å². The second kappa shape index (κ2) is 9.40. The lowest BCUT2D eigenvalue weighted by atomic mass is 10.2. The number of carbonyl (C=O) groups is 1. The number of hydrogen-bond donors (Lipinski definition) is 0. The largest absolute Gasteiger partial charge is 0.341 e. The minimum atomic E-state index is -0.211. The van der Waals surface area contributed by atoms with Gasteiger partial charge >= 0.3 is 0 Å². The normalized spacial score (nSPS) is 15.7. The Morgan fingerprint density at radius 2 is 1.81 bits per heavy atom. The van der Waals surface area contributed by atoms with Gasteiger partial charge in [-0.25, -0.2) is 4.39 Å². The highest BCUT2D eigenvalue weighted by atomic mass is 35.5. The Morgan fingerprint density at radius 1 is 1.04 bits per heavy atom. The summed E-state index contributed by atoms with van der Waals surface area (Å²) in [6.07, 6.45) is 0.948. The van der Waals surface area contributed by atoms with E-state index in [2.05, 4.69) is 4.90 Å². The molecule has 138 valence electrons. The molecule has 6 heteroatoms. The van der Waals surface area contributed by atoms with E-state index in [0.29, 0.717) is 10.8 Å². The molecule has 0 N–H and O–H groups in total. The van der Waals surface area contributed by atoms with Crippen LogP contribution in [0.2, 0.25) is 5.02 Å². The van der Waals surface area contributed by atoms with Gasteiger partial charge in [0.25, 0.3) is 0 Å². The molecular weight excluding hydrogens is 371 g/mol. The Balaban J connectivity index is 1.49. The third kappa shape index (κ3) is 5.47. The van der Waals surface area contributed by atoms with Crippen LogP contribution in [0.15, 0.2) is 53.4 Å². The van der Waals surface area contributed by atoms with E-state index in [0.717, 1.165) is 49.6 Å². The van der Waals surface area contributed by atoms with Crippen molar-refractivity contribution >= 4 is 29.3 Å². The average molecular weight is 393 g/mol. The van der Waals surface area contributed by atoms with Gasteiger partial charge < -0.3 is 4.90 Å². The number of carbonyl (C=O) groups excluding carboxylic acids is 1. The molecule has 1 heterocycles. The predicted octanol–water partition coefficient (Wildman–Crippen LogP) is 4.31. The molecule has 2 aromatic carbocycles.